The maximum Gasteiger partial charge on any atom is 0.305 e. The van der Waals surface area contributed by atoms with Gasteiger partial charge in [-0.1, -0.05) is 15.9 Å². The van der Waals surface area contributed by atoms with E-state index in [4.69, 9.17) is 0 Å². The van der Waals surface area contributed by atoms with E-state index in [2.05, 4.69) is 20.7 Å². The normalized spacial score (nSPS) is 9.89. The SMILES string of the molecule is COC(=O)CCC(=O)c1ccc(Br)cc1[N+](=O)[O-]. The van der Waals surface area contributed by atoms with Crippen LogP contribution in [-0.4, -0.2) is 23.8 Å². The second kappa shape index (κ2) is 6.25. The van der Waals surface area contributed by atoms with Gasteiger partial charge in [0.15, 0.2) is 5.78 Å². The average molecular weight is 316 g/mol. The molecule has 0 atom stereocenters. The van der Waals surface area contributed by atoms with Crippen LogP contribution in [0.2, 0.25) is 0 Å². The second-order valence-corrected chi connectivity index (χ2v) is 4.33. The van der Waals surface area contributed by atoms with Crippen molar-refractivity contribution in [2.75, 3.05) is 7.11 Å². The summed E-state index contributed by atoms with van der Waals surface area (Å²) in [7, 11) is 1.22. The van der Waals surface area contributed by atoms with Crippen LogP contribution in [0.3, 0.4) is 0 Å². The minimum atomic E-state index is -0.629. The number of hydrogen-bond acceptors (Lipinski definition) is 5. The predicted octanol–water partition coefficient (Wildman–Crippen LogP) is 2.49. The van der Waals surface area contributed by atoms with Gasteiger partial charge in [0.25, 0.3) is 5.69 Å². The number of Topliss-reactive ketones (excluding diaryl/α,β-unsaturated/α-hetero) is 1. The fourth-order valence-corrected chi connectivity index (χ4v) is 1.69. The molecule has 0 aliphatic heterocycles. The lowest BCUT2D eigenvalue weighted by Gasteiger charge is -2.02. The number of nitro benzene ring substituents is 1. The highest BCUT2D eigenvalue weighted by Crippen LogP contribution is 2.24. The summed E-state index contributed by atoms with van der Waals surface area (Å²) in [5, 5.41) is 10.8. The molecule has 0 aliphatic rings. The molecule has 6 nitrogen and oxygen atoms in total. The Bertz CT molecular complexity index is 500. The largest absolute Gasteiger partial charge is 0.469 e. The number of carbonyl (C=O) groups is 2. The van der Waals surface area contributed by atoms with Crippen molar-refractivity contribution in [2.24, 2.45) is 0 Å². The Kier molecular flexibility index (Phi) is 4.96. The van der Waals surface area contributed by atoms with Crippen molar-refractivity contribution in [1.82, 2.24) is 0 Å². The van der Waals surface area contributed by atoms with Crippen molar-refractivity contribution in [3.63, 3.8) is 0 Å². The van der Waals surface area contributed by atoms with E-state index in [1.54, 1.807) is 6.07 Å². The minimum absolute atomic E-state index is 0.00731. The molecule has 0 fully saturated rings. The Balaban J connectivity index is 2.92. The molecule has 0 spiro atoms. The first-order chi connectivity index (χ1) is 8.45. The van der Waals surface area contributed by atoms with Crippen LogP contribution in [-0.2, 0) is 9.53 Å². The molecule has 0 amide bonds. The number of esters is 1. The second-order valence-electron chi connectivity index (χ2n) is 3.42. The van der Waals surface area contributed by atoms with Crippen molar-refractivity contribution in [3.05, 3.63) is 38.3 Å². The number of ether oxygens (including phenoxy) is 1. The first-order valence-corrected chi connectivity index (χ1v) is 5.79. The number of nitrogens with zero attached hydrogens (tertiary/aromatic N) is 1. The highest BCUT2D eigenvalue weighted by Gasteiger charge is 2.20. The monoisotopic (exact) mass is 315 g/mol. The lowest BCUT2D eigenvalue weighted by atomic mass is 10.0. The van der Waals surface area contributed by atoms with Crippen molar-refractivity contribution < 1.29 is 19.2 Å². The summed E-state index contributed by atoms with van der Waals surface area (Å²) < 4.78 is 4.91. The summed E-state index contributed by atoms with van der Waals surface area (Å²) in [6.07, 6.45) is -0.211. The number of benzene rings is 1. The molecule has 18 heavy (non-hydrogen) atoms. The Morgan fingerprint density at radius 2 is 2.06 bits per heavy atom. The lowest BCUT2D eigenvalue weighted by molar-refractivity contribution is -0.385. The third-order valence-corrected chi connectivity index (χ3v) is 2.73. The quantitative estimate of drug-likeness (QED) is 0.360. The zero-order valence-corrected chi connectivity index (χ0v) is 11.1. The zero-order valence-electron chi connectivity index (χ0n) is 9.51. The van der Waals surface area contributed by atoms with Gasteiger partial charge >= 0.3 is 5.97 Å². The summed E-state index contributed by atoms with van der Waals surface area (Å²) in [5.74, 6) is -0.984. The van der Waals surface area contributed by atoms with E-state index in [0.29, 0.717) is 4.47 Å². The third-order valence-electron chi connectivity index (χ3n) is 2.24. The first kappa shape index (κ1) is 14.3. The van der Waals surface area contributed by atoms with Crippen LogP contribution in [0, 0.1) is 10.1 Å². The molecular weight excluding hydrogens is 306 g/mol. The summed E-state index contributed by atoms with van der Waals surface area (Å²) in [4.78, 5) is 32.9. The van der Waals surface area contributed by atoms with Gasteiger partial charge in [-0.15, -0.1) is 0 Å². The zero-order chi connectivity index (χ0) is 13.7. The van der Waals surface area contributed by atoms with E-state index in [-0.39, 0.29) is 24.1 Å². The summed E-state index contributed by atoms with van der Waals surface area (Å²) in [6, 6.07) is 4.16. The van der Waals surface area contributed by atoms with Crippen molar-refractivity contribution in [1.29, 1.82) is 0 Å². The van der Waals surface area contributed by atoms with Crippen molar-refractivity contribution >= 4 is 33.4 Å². The van der Waals surface area contributed by atoms with Crippen LogP contribution < -0.4 is 0 Å². The summed E-state index contributed by atoms with van der Waals surface area (Å²) in [5.41, 5.74) is -0.286. The fourth-order valence-electron chi connectivity index (χ4n) is 1.34. The highest BCUT2D eigenvalue weighted by molar-refractivity contribution is 9.10. The van der Waals surface area contributed by atoms with E-state index >= 15 is 0 Å². The standard InChI is InChI=1S/C11H10BrNO5/c1-18-11(15)5-4-10(14)8-3-2-7(12)6-9(8)13(16)17/h2-3,6H,4-5H2,1H3. The van der Waals surface area contributed by atoms with Crippen LogP contribution in [0.15, 0.2) is 22.7 Å². The number of methoxy groups -OCH3 is 1. The van der Waals surface area contributed by atoms with Crippen molar-refractivity contribution in [2.45, 2.75) is 12.8 Å². The van der Waals surface area contributed by atoms with E-state index in [1.165, 1.54) is 19.2 Å². The molecule has 0 bridgehead atoms. The van der Waals surface area contributed by atoms with Gasteiger partial charge in [0.1, 0.15) is 0 Å². The number of hydrogen-bond donors (Lipinski definition) is 0. The molecule has 7 heteroatoms. The van der Waals surface area contributed by atoms with Crippen molar-refractivity contribution in [3.8, 4) is 0 Å². The number of nitro groups is 1. The van der Waals surface area contributed by atoms with Gasteiger partial charge in [-0.2, -0.15) is 0 Å². The first-order valence-electron chi connectivity index (χ1n) is 4.99. The van der Waals surface area contributed by atoms with Gasteiger partial charge in [0.2, 0.25) is 0 Å². The van der Waals surface area contributed by atoms with Gasteiger partial charge in [-0.05, 0) is 12.1 Å². The molecule has 0 saturated carbocycles. The van der Waals surface area contributed by atoms with E-state index in [0.717, 1.165) is 0 Å². The molecule has 96 valence electrons. The average Bonchev–Trinajstić information content (AvgIpc) is 2.35. The predicted molar refractivity (Wildman–Crippen MR) is 66.4 cm³/mol. The molecule has 0 saturated heterocycles. The molecule has 1 aromatic carbocycles. The molecule has 1 rings (SSSR count). The lowest BCUT2D eigenvalue weighted by Crippen LogP contribution is -2.08. The van der Waals surface area contributed by atoms with Crippen LogP contribution in [0.25, 0.3) is 0 Å². The van der Waals surface area contributed by atoms with E-state index in [1.807, 2.05) is 0 Å². The number of ketones is 1. The molecule has 0 unspecified atom stereocenters. The maximum atomic E-state index is 11.8. The van der Waals surface area contributed by atoms with Crippen LogP contribution in [0.5, 0.6) is 0 Å². The molecule has 0 aromatic heterocycles. The molecule has 1 aromatic rings. The molecule has 0 N–H and O–H groups in total. The van der Waals surface area contributed by atoms with Gasteiger partial charge in [-0.25, -0.2) is 0 Å². The smallest absolute Gasteiger partial charge is 0.305 e. The third kappa shape index (κ3) is 3.63. The Labute approximate surface area is 111 Å². The molecule has 0 radical (unpaired) electrons. The Hall–Kier alpha value is -1.76. The topological polar surface area (TPSA) is 86.5 Å². The van der Waals surface area contributed by atoms with Crippen LogP contribution in [0.1, 0.15) is 23.2 Å². The Morgan fingerprint density at radius 1 is 1.39 bits per heavy atom. The van der Waals surface area contributed by atoms with Gasteiger partial charge in [0, 0.05) is 17.0 Å². The maximum absolute atomic E-state index is 11.8. The van der Waals surface area contributed by atoms with Crippen LogP contribution >= 0.6 is 15.9 Å². The molecule has 0 heterocycles. The van der Waals surface area contributed by atoms with Crippen LogP contribution in [0.4, 0.5) is 5.69 Å². The van der Waals surface area contributed by atoms with Gasteiger partial charge in [-0.3, -0.25) is 19.7 Å². The van der Waals surface area contributed by atoms with E-state index < -0.39 is 16.7 Å². The molecule has 0 aliphatic carbocycles. The Morgan fingerprint density at radius 3 is 2.61 bits per heavy atom. The number of halogens is 1. The number of carbonyl (C=O) groups excluding carboxylic acids is 2. The summed E-state index contributed by atoms with van der Waals surface area (Å²) in [6.45, 7) is 0. The van der Waals surface area contributed by atoms with Gasteiger partial charge in [0.05, 0.1) is 24.0 Å². The molecular formula is C11H10BrNO5. The summed E-state index contributed by atoms with van der Waals surface area (Å²) >= 11 is 3.10. The minimum Gasteiger partial charge on any atom is -0.469 e. The van der Waals surface area contributed by atoms with E-state index in [9.17, 15) is 19.7 Å². The number of rotatable bonds is 5. The van der Waals surface area contributed by atoms with Gasteiger partial charge < -0.3 is 4.74 Å². The fraction of sp³-hybridized carbons (Fsp3) is 0.273. The highest BCUT2D eigenvalue weighted by atomic mass is 79.9.